The predicted octanol–water partition coefficient (Wildman–Crippen LogP) is 0.723. The smallest absolute Gasteiger partial charge is 0.00109 e. The minimum Gasteiger partial charge on any atom is -0.328 e. The van der Waals surface area contributed by atoms with Crippen LogP contribution in [0.5, 0.6) is 0 Å². The van der Waals surface area contributed by atoms with E-state index < -0.39 is 0 Å². The Labute approximate surface area is 57.8 Å². The van der Waals surface area contributed by atoms with Crippen molar-refractivity contribution >= 4 is 0 Å². The molecule has 0 radical (unpaired) electrons. The van der Waals surface area contributed by atoms with E-state index in [-0.39, 0.29) is 0 Å². The lowest BCUT2D eigenvalue weighted by Crippen LogP contribution is -2.19. The molecule has 3 N–H and O–H groups in total. The van der Waals surface area contributed by atoms with Crippen LogP contribution in [0, 0.1) is 0 Å². The molecule has 0 aromatic rings. The van der Waals surface area contributed by atoms with Gasteiger partial charge in [0.15, 0.2) is 0 Å². The van der Waals surface area contributed by atoms with E-state index >= 15 is 0 Å². The van der Waals surface area contributed by atoms with Gasteiger partial charge in [0.05, 0.1) is 0 Å². The molecule has 2 heteroatoms. The Morgan fingerprint density at radius 2 is 2.22 bits per heavy atom. The summed E-state index contributed by atoms with van der Waals surface area (Å²) in [5.74, 6) is 0. The highest BCUT2D eigenvalue weighted by atomic mass is 14.8. The summed E-state index contributed by atoms with van der Waals surface area (Å²) in [5, 5.41) is 3.25. The molecule has 0 rings (SSSR count). The Morgan fingerprint density at radius 1 is 1.56 bits per heavy atom. The molecule has 0 aliphatic rings. The van der Waals surface area contributed by atoms with Gasteiger partial charge < -0.3 is 11.1 Å². The van der Waals surface area contributed by atoms with Gasteiger partial charge in [-0.3, -0.25) is 0 Å². The van der Waals surface area contributed by atoms with Gasteiger partial charge in [0.2, 0.25) is 0 Å². The third-order valence-electron chi connectivity index (χ3n) is 1.26. The maximum atomic E-state index is 5.55. The minimum absolute atomic E-state index is 0.364. The highest BCUT2D eigenvalue weighted by Gasteiger charge is 1.91. The van der Waals surface area contributed by atoms with E-state index in [0.717, 1.165) is 19.5 Å². The molecular weight excluding hydrogens is 112 g/mol. The fourth-order valence-corrected chi connectivity index (χ4v) is 0.726. The molecule has 2 nitrogen and oxygen atoms in total. The van der Waals surface area contributed by atoms with Crippen LogP contribution in [0.4, 0.5) is 0 Å². The maximum absolute atomic E-state index is 5.55. The number of nitrogens with two attached hydrogens (primary N) is 1. The largest absolute Gasteiger partial charge is 0.328 e. The molecule has 1 atom stereocenters. The SMILES string of the molecule is CCNCCCC(C)N. The first-order valence-corrected chi connectivity index (χ1v) is 3.73. The third-order valence-corrected chi connectivity index (χ3v) is 1.26. The summed E-state index contributed by atoms with van der Waals surface area (Å²) < 4.78 is 0. The number of rotatable bonds is 5. The number of hydrogen-bond donors (Lipinski definition) is 2. The fourth-order valence-electron chi connectivity index (χ4n) is 0.726. The predicted molar refractivity (Wildman–Crippen MR) is 41.4 cm³/mol. The summed E-state index contributed by atoms with van der Waals surface area (Å²) in [4.78, 5) is 0. The first-order chi connectivity index (χ1) is 4.27. The standard InChI is InChI=1S/C7H18N2/c1-3-9-6-4-5-7(2)8/h7,9H,3-6,8H2,1-2H3. The summed E-state index contributed by atoms with van der Waals surface area (Å²) in [7, 11) is 0. The molecule has 0 amide bonds. The number of nitrogens with one attached hydrogen (secondary N) is 1. The molecule has 0 spiro atoms. The first kappa shape index (κ1) is 8.92. The Hall–Kier alpha value is -0.0800. The Kier molecular flexibility index (Phi) is 5.99. The molecule has 0 saturated heterocycles. The molecule has 0 bridgehead atoms. The molecule has 0 fully saturated rings. The van der Waals surface area contributed by atoms with Crippen LogP contribution in [0.15, 0.2) is 0 Å². The van der Waals surface area contributed by atoms with E-state index in [1.807, 2.05) is 6.92 Å². The quantitative estimate of drug-likeness (QED) is 0.538. The van der Waals surface area contributed by atoms with Crippen molar-refractivity contribution in [2.45, 2.75) is 32.7 Å². The first-order valence-electron chi connectivity index (χ1n) is 3.73. The van der Waals surface area contributed by atoms with E-state index in [4.69, 9.17) is 5.73 Å². The monoisotopic (exact) mass is 130 g/mol. The second kappa shape index (κ2) is 6.05. The highest BCUT2D eigenvalue weighted by Crippen LogP contribution is 1.89. The van der Waals surface area contributed by atoms with Crippen molar-refractivity contribution in [3.05, 3.63) is 0 Å². The van der Waals surface area contributed by atoms with Crippen molar-refractivity contribution in [1.82, 2.24) is 5.32 Å². The van der Waals surface area contributed by atoms with E-state index in [0.29, 0.717) is 6.04 Å². The third kappa shape index (κ3) is 7.92. The van der Waals surface area contributed by atoms with Crippen LogP contribution in [-0.2, 0) is 0 Å². The molecule has 0 heterocycles. The van der Waals surface area contributed by atoms with Crippen molar-refractivity contribution < 1.29 is 0 Å². The zero-order valence-corrected chi connectivity index (χ0v) is 6.48. The lowest BCUT2D eigenvalue weighted by molar-refractivity contribution is 0.584. The van der Waals surface area contributed by atoms with Crippen molar-refractivity contribution in [2.75, 3.05) is 13.1 Å². The van der Waals surface area contributed by atoms with Crippen LogP contribution in [-0.4, -0.2) is 19.1 Å². The van der Waals surface area contributed by atoms with Crippen molar-refractivity contribution in [3.8, 4) is 0 Å². The van der Waals surface area contributed by atoms with Gasteiger partial charge in [0.1, 0.15) is 0 Å². The minimum atomic E-state index is 0.364. The summed E-state index contributed by atoms with van der Waals surface area (Å²) >= 11 is 0. The van der Waals surface area contributed by atoms with Gasteiger partial charge in [0, 0.05) is 6.04 Å². The van der Waals surface area contributed by atoms with Gasteiger partial charge in [0.25, 0.3) is 0 Å². The summed E-state index contributed by atoms with van der Waals surface area (Å²) in [6, 6.07) is 0.364. The maximum Gasteiger partial charge on any atom is 0.00109 e. The molecule has 56 valence electrons. The van der Waals surface area contributed by atoms with Gasteiger partial charge in [-0.2, -0.15) is 0 Å². The zero-order chi connectivity index (χ0) is 7.11. The molecule has 0 aliphatic heterocycles. The second-order valence-corrected chi connectivity index (χ2v) is 2.47. The second-order valence-electron chi connectivity index (χ2n) is 2.47. The van der Waals surface area contributed by atoms with Crippen LogP contribution in [0.2, 0.25) is 0 Å². The molecule has 0 saturated carbocycles. The van der Waals surface area contributed by atoms with Crippen LogP contribution in [0.25, 0.3) is 0 Å². The molecule has 9 heavy (non-hydrogen) atoms. The van der Waals surface area contributed by atoms with E-state index in [1.165, 1.54) is 6.42 Å². The summed E-state index contributed by atoms with van der Waals surface area (Å²) in [6.07, 6.45) is 2.33. The Morgan fingerprint density at radius 3 is 2.67 bits per heavy atom. The van der Waals surface area contributed by atoms with Crippen LogP contribution < -0.4 is 11.1 Å². The molecule has 0 aromatic heterocycles. The van der Waals surface area contributed by atoms with Crippen LogP contribution >= 0.6 is 0 Å². The zero-order valence-electron chi connectivity index (χ0n) is 6.48. The lowest BCUT2D eigenvalue weighted by Gasteiger charge is -2.03. The normalized spacial score (nSPS) is 13.7. The number of hydrogen-bond acceptors (Lipinski definition) is 2. The van der Waals surface area contributed by atoms with E-state index in [9.17, 15) is 0 Å². The van der Waals surface area contributed by atoms with Gasteiger partial charge in [-0.15, -0.1) is 0 Å². The molecule has 0 aliphatic carbocycles. The van der Waals surface area contributed by atoms with Gasteiger partial charge >= 0.3 is 0 Å². The van der Waals surface area contributed by atoms with E-state index in [1.54, 1.807) is 0 Å². The highest BCUT2D eigenvalue weighted by molar-refractivity contribution is 4.53. The average Bonchev–Trinajstić information content (AvgIpc) is 1.80. The Balaban J connectivity index is 2.75. The van der Waals surface area contributed by atoms with Crippen molar-refractivity contribution in [2.24, 2.45) is 5.73 Å². The molecular formula is C7H18N2. The average molecular weight is 130 g/mol. The molecule has 1 unspecified atom stereocenters. The summed E-state index contributed by atoms with van der Waals surface area (Å²) in [6.45, 7) is 6.34. The van der Waals surface area contributed by atoms with Crippen molar-refractivity contribution in [1.29, 1.82) is 0 Å². The van der Waals surface area contributed by atoms with Crippen LogP contribution in [0.1, 0.15) is 26.7 Å². The van der Waals surface area contributed by atoms with Crippen LogP contribution in [0.3, 0.4) is 0 Å². The van der Waals surface area contributed by atoms with Gasteiger partial charge in [-0.1, -0.05) is 6.92 Å². The van der Waals surface area contributed by atoms with Crippen molar-refractivity contribution in [3.63, 3.8) is 0 Å². The van der Waals surface area contributed by atoms with E-state index in [2.05, 4.69) is 12.2 Å². The summed E-state index contributed by atoms with van der Waals surface area (Å²) in [5.41, 5.74) is 5.55. The Bertz CT molecular complexity index is 52.9. The van der Waals surface area contributed by atoms with Gasteiger partial charge in [-0.05, 0) is 32.9 Å². The topological polar surface area (TPSA) is 38.0 Å². The fraction of sp³-hybridized carbons (Fsp3) is 1.00. The van der Waals surface area contributed by atoms with Gasteiger partial charge in [-0.25, -0.2) is 0 Å². The lowest BCUT2D eigenvalue weighted by atomic mass is 10.2. The molecule has 0 aromatic carbocycles.